The predicted octanol–water partition coefficient (Wildman–Crippen LogP) is 3.96. The van der Waals surface area contributed by atoms with E-state index in [0.717, 1.165) is 11.4 Å². The first-order valence-corrected chi connectivity index (χ1v) is 6.26. The van der Waals surface area contributed by atoms with Crippen molar-refractivity contribution in [3.63, 3.8) is 0 Å². The fraction of sp³-hybridized carbons (Fsp3) is 0.571. The second-order valence-electron chi connectivity index (χ2n) is 4.63. The average molecular weight is 220 g/mol. The Morgan fingerprint density at radius 1 is 1.31 bits per heavy atom. The summed E-state index contributed by atoms with van der Waals surface area (Å²) in [6.07, 6.45) is 5.09. The first-order valence-electron chi connectivity index (χ1n) is 6.26. The van der Waals surface area contributed by atoms with Gasteiger partial charge in [0.25, 0.3) is 0 Å². The van der Waals surface area contributed by atoms with Crippen LogP contribution in [-0.4, -0.2) is 6.04 Å². The van der Waals surface area contributed by atoms with Crippen molar-refractivity contribution < 1.29 is 0 Å². The molecule has 0 aromatic heterocycles. The monoisotopic (exact) mass is 220 g/mol. The molecule has 0 aliphatic rings. The highest BCUT2D eigenvalue weighted by Crippen LogP contribution is 2.21. The summed E-state index contributed by atoms with van der Waals surface area (Å²) in [6, 6.07) is 6.68. The molecule has 90 valence electrons. The number of anilines is 2. The summed E-state index contributed by atoms with van der Waals surface area (Å²) in [5.41, 5.74) is 9.09. The fourth-order valence-corrected chi connectivity index (χ4v) is 1.85. The van der Waals surface area contributed by atoms with Gasteiger partial charge in [0.15, 0.2) is 0 Å². The molecule has 3 N–H and O–H groups in total. The third kappa shape index (κ3) is 4.13. The molecule has 1 rings (SSSR count). The molecule has 1 atom stereocenters. The Morgan fingerprint density at radius 2 is 2.06 bits per heavy atom. The van der Waals surface area contributed by atoms with Gasteiger partial charge in [-0.1, -0.05) is 32.3 Å². The molecule has 0 amide bonds. The van der Waals surface area contributed by atoms with E-state index in [1.54, 1.807) is 0 Å². The van der Waals surface area contributed by atoms with Crippen LogP contribution in [0.1, 0.15) is 45.1 Å². The lowest BCUT2D eigenvalue weighted by atomic mass is 10.1. The molecule has 0 aliphatic heterocycles. The van der Waals surface area contributed by atoms with Gasteiger partial charge in [0.05, 0.1) is 11.4 Å². The highest BCUT2D eigenvalue weighted by molar-refractivity contribution is 5.67. The van der Waals surface area contributed by atoms with Crippen LogP contribution in [-0.2, 0) is 0 Å². The van der Waals surface area contributed by atoms with Gasteiger partial charge in [-0.25, -0.2) is 0 Å². The number of hydrogen-bond donors (Lipinski definition) is 2. The molecule has 0 unspecified atom stereocenters. The lowest BCUT2D eigenvalue weighted by Gasteiger charge is -2.16. The molecule has 2 heteroatoms. The molecule has 2 nitrogen and oxygen atoms in total. The highest BCUT2D eigenvalue weighted by Gasteiger charge is 2.04. The van der Waals surface area contributed by atoms with Gasteiger partial charge < -0.3 is 11.1 Å². The van der Waals surface area contributed by atoms with Crippen molar-refractivity contribution >= 4 is 11.4 Å². The molecule has 0 radical (unpaired) electrons. The summed E-state index contributed by atoms with van der Waals surface area (Å²) in [5.74, 6) is 0. The van der Waals surface area contributed by atoms with Crippen molar-refractivity contribution in [3.8, 4) is 0 Å². The third-order valence-corrected chi connectivity index (χ3v) is 2.85. The lowest BCUT2D eigenvalue weighted by molar-refractivity contribution is 0.615. The van der Waals surface area contributed by atoms with Crippen LogP contribution in [0.2, 0.25) is 0 Å². The van der Waals surface area contributed by atoms with Crippen LogP contribution in [0, 0.1) is 6.92 Å². The zero-order chi connectivity index (χ0) is 12.0. The number of aryl methyl sites for hydroxylation is 1. The molecule has 0 saturated heterocycles. The van der Waals surface area contributed by atoms with Crippen molar-refractivity contribution in [1.29, 1.82) is 0 Å². The summed E-state index contributed by atoms with van der Waals surface area (Å²) in [7, 11) is 0. The lowest BCUT2D eigenvalue weighted by Crippen LogP contribution is -2.15. The molecule has 0 bridgehead atoms. The average Bonchev–Trinajstić information content (AvgIpc) is 2.23. The molecule has 0 fully saturated rings. The normalized spacial score (nSPS) is 12.4. The molecule has 1 aromatic carbocycles. The minimum absolute atomic E-state index is 0.497. The van der Waals surface area contributed by atoms with E-state index >= 15 is 0 Å². The zero-order valence-electron chi connectivity index (χ0n) is 10.7. The van der Waals surface area contributed by atoms with E-state index in [2.05, 4.69) is 38.2 Å². The molecule has 0 saturated carbocycles. The first-order chi connectivity index (χ1) is 7.63. The number of nitrogens with one attached hydrogen (secondary N) is 1. The summed E-state index contributed by atoms with van der Waals surface area (Å²) in [4.78, 5) is 0. The SMILES string of the molecule is CCCCC[C@H](C)Nc1ccc(C)cc1N. The Bertz CT molecular complexity index is 321. The van der Waals surface area contributed by atoms with Crippen molar-refractivity contribution in [2.24, 2.45) is 0 Å². The number of benzene rings is 1. The van der Waals surface area contributed by atoms with Crippen LogP contribution >= 0.6 is 0 Å². The van der Waals surface area contributed by atoms with Gasteiger partial charge >= 0.3 is 0 Å². The molecular weight excluding hydrogens is 196 g/mol. The molecule has 0 heterocycles. The van der Waals surface area contributed by atoms with Gasteiger partial charge in [0.2, 0.25) is 0 Å². The minimum Gasteiger partial charge on any atom is -0.397 e. The number of unbranched alkanes of at least 4 members (excludes halogenated alkanes) is 2. The quantitative estimate of drug-likeness (QED) is 0.562. The maximum Gasteiger partial charge on any atom is 0.0576 e. The van der Waals surface area contributed by atoms with Crippen LogP contribution < -0.4 is 11.1 Å². The van der Waals surface area contributed by atoms with Gasteiger partial charge in [-0.3, -0.25) is 0 Å². The number of nitrogen functional groups attached to an aromatic ring is 1. The van der Waals surface area contributed by atoms with E-state index in [1.807, 2.05) is 6.07 Å². The third-order valence-electron chi connectivity index (χ3n) is 2.85. The summed E-state index contributed by atoms with van der Waals surface area (Å²) >= 11 is 0. The predicted molar refractivity (Wildman–Crippen MR) is 72.8 cm³/mol. The van der Waals surface area contributed by atoms with E-state index in [9.17, 15) is 0 Å². The number of rotatable bonds is 6. The Kier molecular flexibility index (Phi) is 5.17. The molecule has 0 spiro atoms. The van der Waals surface area contributed by atoms with E-state index in [0.29, 0.717) is 6.04 Å². The van der Waals surface area contributed by atoms with Gasteiger partial charge in [0, 0.05) is 6.04 Å². The fourth-order valence-electron chi connectivity index (χ4n) is 1.85. The van der Waals surface area contributed by atoms with Gasteiger partial charge in [-0.15, -0.1) is 0 Å². The molecular formula is C14H24N2. The van der Waals surface area contributed by atoms with Crippen LogP contribution in [0.3, 0.4) is 0 Å². The largest absolute Gasteiger partial charge is 0.397 e. The van der Waals surface area contributed by atoms with Crippen molar-refractivity contribution in [2.75, 3.05) is 11.1 Å². The van der Waals surface area contributed by atoms with Crippen LogP contribution in [0.5, 0.6) is 0 Å². The van der Waals surface area contributed by atoms with E-state index in [-0.39, 0.29) is 0 Å². The Hall–Kier alpha value is -1.18. The molecule has 16 heavy (non-hydrogen) atoms. The van der Waals surface area contributed by atoms with E-state index < -0.39 is 0 Å². The summed E-state index contributed by atoms with van der Waals surface area (Å²) < 4.78 is 0. The molecule has 1 aromatic rings. The highest BCUT2D eigenvalue weighted by atomic mass is 14.9. The Labute approximate surface area is 99.2 Å². The van der Waals surface area contributed by atoms with Crippen LogP contribution in [0.15, 0.2) is 18.2 Å². The van der Waals surface area contributed by atoms with Crippen LogP contribution in [0.25, 0.3) is 0 Å². The van der Waals surface area contributed by atoms with E-state index in [4.69, 9.17) is 5.73 Å². The maximum absolute atomic E-state index is 5.96. The van der Waals surface area contributed by atoms with Crippen molar-refractivity contribution in [2.45, 2.75) is 52.5 Å². The van der Waals surface area contributed by atoms with Crippen LogP contribution in [0.4, 0.5) is 11.4 Å². The Balaban J connectivity index is 2.46. The smallest absolute Gasteiger partial charge is 0.0576 e. The second kappa shape index (κ2) is 6.41. The maximum atomic E-state index is 5.96. The topological polar surface area (TPSA) is 38.0 Å². The zero-order valence-corrected chi connectivity index (χ0v) is 10.7. The van der Waals surface area contributed by atoms with Gasteiger partial charge in [0.1, 0.15) is 0 Å². The number of hydrogen-bond acceptors (Lipinski definition) is 2. The van der Waals surface area contributed by atoms with Gasteiger partial charge in [-0.2, -0.15) is 0 Å². The van der Waals surface area contributed by atoms with Crippen molar-refractivity contribution in [1.82, 2.24) is 0 Å². The first kappa shape index (κ1) is 12.9. The Morgan fingerprint density at radius 3 is 2.69 bits per heavy atom. The summed E-state index contributed by atoms with van der Waals surface area (Å²) in [5, 5.41) is 3.47. The second-order valence-corrected chi connectivity index (χ2v) is 4.63. The molecule has 0 aliphatic carbocycles. The minimum atomic E-state index is 0.497. The van der Waals surface area contributed by atoms with Crippen molar-refractivity contribution in [3.05, 3.63) is 23.8 Å². The number of nitrogens with two attached hydrogens (primary N) is 1. The van der Waals surface area contributed by atoms with E-state index in [1.165, 1.54) is 31.2 Å². The summed E-state index contributed by atoms with van der Waals surface area (Å²) in [6.45, 7) is 6.51. The standard InChI is InChI=1S/C14H24N2/c1-4-5-6-7-12(3)16-14-9-8-11(2)10-13(14)15/h8-10,12,16H,4-7,15H2,1-3H3/t12-/m0/s1. The van der Waals surface area contributed by atoms with Gasteiger partial charge in [-0.05, 0) is 38.0 Å².